The van der Waals surface area contributed by atoms with Crippen LogP contribution in [0.15, 0.2) is 30.3 Å². The number of benzene rings is 1. The summed E-state index contributed by atoms with van der Waals surface area (Å²) in [6.07, 6.45) is 0. The van der Waals surface area contributed by atoms with E-state index >= 15 is 0 Å². The molecule has 0 bridgehead atoms. The summed E-state index contributed by atoms with van der Waals surface area (Å²) in [4.78, 5) is 10.6. The zero-order valence-corrected chi connectivity index (χ0v) is 6.53. The standard InChI is InChI=1S/C9H10NO2/c1-9(10,8(11)12)7-5-3-2-4-6-7/h2-6H,1,10H2,(H,11,12). The molecule has 1 aromatic rings. The van der Waals surface area contributed by atoms with Gasteiger partial charge in [0.15, 0.2) is 0 Å². The third-order valence-electron chi connectivity index (χ3n) is 1.67. The molecule has 1 rings (SSSR count). The normalized spacial score (nSPS) is 15.2. The van der Waals surface area contributed by atoms with Crippen LogP contribution in [0.4, 0.5) is 0 Å². The van der Waals surface area contributed by atoms with Gasteiger partial charge in [0.25, 0.3) is 0 Å². The van der Waals surface area contributed by atoms with Crippen molar-refractivity contribution in [3.63, 3.8) is 0 Å². The van der Waals surface area contributed by atoms with Crippen molar-refractivity contribution in [1.82, 2.24) is 0 Å². The first-order valence-electron chi connectivity index (χ1n) is 3.48. The van der Waals surface area contributed by atoms with E-state index < -0.39 is 11.5 Å². The number of nitrogens with two attached hydrogens (primary N) is 1. The molecule has 0 heterocycles. The summed E-state index contributed by atoms with van der Waals surface area (Å²) in [5.41, 5.74) is 4.43. The van der Waals surface area contributed by atoms with Gasteiger partial charge in [0.1, 0.15) is 5.54 Å². The molecule has 0 saturated carbocycles. The Kier molecular flexibility index (Phi) is 2.15. The van der Waals surface area contributed by atoms with Crippen LogP contribution < -0.4 is 5.73 Å². The topological polar surface area (TPSA) is 63.3 Å². The number of carboxylic acid groups (broad SMARTS) is 1. The Hall–Kier alpha value is -1.35. The van der Waals surface area contributed by atoms with Crippen LogP contribution in [-0.2, 0) is 10.3 Å². The van der Waals surface area contributed by atoms with Gasteiger partial charge in [0.05, 0.1) is 0 Å². The Morgan fingerprint density at radius 2 is 1.92 bits per heavy atom. The lowest BCUT2D eigenvalue weighted by atomic mass is 9.94. The summed E-state index contributed by atoms with van der Waals surface area (Å²) in [7, 11) is 0. The van der Waals surface area contributed by atoms with Gasteiger partial charge in [-0.2, -0.15) is 0 Å². The zero-order valence-electron chi connectivity index (χ0n) is 6.53. The van der Waals surface area contributed by atoms with Gasteiger partial charge >= 0.3 is 5.97 Å². The molecule has 0 aliphatic carbocycles. The quantitative estimate of drug-likeness (QED) is 0.678. The van der Waals surface area contributed by atoms with Gasteiger partial charge in [-0.1, -0.05) is 30.3 Å². The molecule has 63 valence electrons. The van der Waals surface area contributed by atoms with Crippen molar-refractivity contribution in [3.05, 3.63) is 42.8 Å². The average Bonchev–Trinajstić information content (AvgIpc) is 2.06. The summed E-state index contributed by atoms with van der Waals surface area (Å²) < 4.78 is 0. The average molecular weight is 164 g/mol. The van der Waals surface area contributed by atoms with Crippen LogP contribution >= 0.6 is 0 Å². The van der Waals surface area contributed by atoms with Gasteiger partial charge in [-0.15, -0.1) is 0 Å². The van der Waals surface area contributed by atoms with Crippen molar-refractivity contribution >= 4 is 5.97 Å². The molecule has 0 aliphatic rings. The van der Waals surface area contributed by atoms with Gasteiger partial charge in [0, 0.05) is 0 Å². The van der Waals surface area contributed by atoms with E-state index in [1.165, 1.54) is 0 Å². The number of carboxylic acids is 1. The molecular weight excluding hydrogens is 154 g/mol. The molecule has 1 radical (unpaired) electrons. The summed E-state index contributed by atoms with van der Waals surface area (Å²) in [5.74, 6) is -1.13. The number of hydrogen-bond donors (Lipinski definition) is 2. The second kappa shape index (κ2) is 2.95. The lowest BCUT2D eigenvalue weighted by Gasteiger charge is -2.18. The van der Waals surface area contributed by atoms with Crippen LogP contribution in [0.1, 0.15) is 5.56 Å². The van der Waals surface area contributed by atoms with Crippen LogP contribution in [0, 0.1) is 6.92 Å². The Morgan fingerprint density at radius 1 is 1.42 bits per heavy atom. The molecule has 0 spiro atoms. The Balaban J connectivity index is 3.06. The molecule has 3 N–H and O–H groups in total. The fourth-order valence-corrected chi connectivity index (χ4v) is 0.859. The lowest BCUT2D eigenvalue weighted by Crippen LogP contribution is -2.41. The van der Waals surface area contributed by atoms with Gasteiger partial charge in [-0.3, -0.25) is 0 Å². The largest absolute Gasteiger partial charge is 0.480 e. The minimum absolute atomic E-state index is 0.498. The Bertz CT molecular complexity index is 280. The Morgan fingerprint density at radius 3 is 2.33 bits per heavy atom. The van der Waals surface area contributed by atoms with E-state index in [1.807, 2.05) is 0 Å². The van der Waals surface area contributed by atoms with Gasteiger partial charge in [-0.05, 0) is 12.5 Å². The molecule has 0 aromatic heterocycles. The smallest absolute Gasteiger partial charge is 0.328 e. The summed E-state index contributed by atoms with van der Waals surface area (Å²) in [6.45, 7) is 3.42. The van der Waals surface area contributed by atoms with Crippen molar-refractivity contribution in [2.75, 3.05) is 0 Å². The highest BCUT2D eigenvalue weighted by Crippen LogP contribution is 2.16. The molecule has 3 nitrogen and oxygen atoms in total. The van der Waals surface area contributed by atoms with E-state index in [1.54, 1.807) is 30.3 Å². The van der Waals surface area contributed by atoms with Crippen molar-refractivity contribution in [1.29, 1.82) is 0 Å². The predicted octanol–water partition coefficient (Wildman–Crippen LogP) is 0.759. The van der Waals surface area contributed by atoms with Crippen LogP contribution in [0.2, 0.25) is 0 Å². The van der Waals surface area contributed by atoms with Gasteiger partial charge in [0.2, 0.25) is 0 Å². The summed E-state index contributed by atoms with van der Waals surface area (Å²) in [6, 6.07) is 8.53. The first kappa shape index (κ1) is 8.74. The Labute approximate surface area is 70.8 Å². The SMILES string of the molecule is [CH2]C(N)(C(=O)O)c1ccccc1. The van der Waals surface area contributed by atoms with E-state index in [-0.39, 0.29) is 0 Å². The predicted molar refractivity (Wildman–Crippen MR) is 45.3 cm³/mol. The summed E-state index contributed by atoms with van der Waals surface area (Å²) in [5, 5.41) is 8.71. The molecule has 0 amide bonds. The van der Waals surface area contributed by atoms with Crippen molar-refractivity contribution in [2.24, 2.45) is 5.73 Å². The van der Waals surface area contributed by atoms with E-state index in [0.29, 0.717) is 5.56 Å². The van der Waals surface area contributed by atoms with Crippen LogP contribution in [-0.4, -0.2) is 11.1 Å². The van der Waals surface area contributed by atoms with Crippen LogP contribution in [0.5, 0.6) is 0 Å². The lowest BCUT2D eigenvalue weighted by molar-refractivity contribution is -0.141. The number of aliphatic carboxylic acids is 1. The zero-order chi connectivity index (χ0) is 9.19. The fourth-order valence-electron chi connectivity index (χ4n) is 0.859. The van der Waals surface area contributed by atoms with E-state index in [2.05, 4.69) is 6.92 Å². The second-order valence-electron chi connectivity index (χ2n) is 2.64. The fraction of sp³-hybridized carbons (Fsp3) is 0.111. The highest BCUT2D eigenvalue weighted by molar-refractivity contribution is 5.81. The monoisotopic (exact) mass is 164 g/mol. The number of rotatable bonds is 2. The minimum Gasteiger partial charge on any atom is -0.480 e. The molecular formula is C9H10NO2. The van der Waals surface area contributed by atoms with Crippen molar-refractivity contribution < 1.29 is 9.90 Å². The molecule has 1 aromatic carbocycles. The first-order valence-corrected chi connectivity index (χ1v) is 3.48. The first-order chi connectivity index (χ1) is 5.55. The van der Waals surface area contributed by atoms with Gasteiger partial charge < -0.3 is 10.8 Å². The minimum atomic E-state index is -1.54. The molecule has 0 saturated heterocycles. The highest BCUT2D eigenvalue weighted by Gasteiger charge is 2.29. The van der Waals surface area contributed by atoms with E-state index in [0.717, 1.165) is 0 Å². The number of hydrogen-bond acceptors (Lipinski definition) is 2. The van der Waals surface area contributed by atoms with E-state index in [9.17, 15) is 4.79 Å². The maximum atomic E-state index is 10.6. The van der Waals surface area contributed by atoms with Crippen molar-refractivity contribution in [3.8, 4) is 0 Å². The van der Waals surface area contributed by atoms with Crippen LogP contribution in [0.3, 0.4) is 0 Å². The maximum absolute atomic E-state index is 10.6. The molecule has 0 aliphatic heterocycles. The second-order valence-corrected chi connectivity index (χ2v) is 2.64. The van der Waals surface area contributed by atoms with Gasteiger partial charge in [-0.25, -0.2) is 4.79 Å². The molecule has 1 atom stereocenters. The van der Waals surface area contributed by atoms with E-state index in [4.69, 9.17) is 10.8 Å². The molecule has 12 heavy (non-hydrogen) atoms. The van der Waals surface area contributed by atoms with Crippen LogP contribution in [0.25, 0.3) is 0 Å². The third kappa shape index (κ3) is 1.46. The molecule has 0 fully saturated rings. The molecule has 1 unspecified atom stereocenters. The molecule has 3 heteroatoms. The summed E-state index contributed by atoms with van der Waals surface area (Å²) >= 11 is 0. The number of carbonyl (C=O) groups is 1. The third-order valence-corrected chi connectivity index (χ3v) is 1.67. The highest BCUT2D eigenvalue weighted by atomic mass is 16.4. The maximum Gasteiger partial charge on any atom is 0.328 e. The van der Waals surface area contributed by atoms with Crippen molar-refractivity contribution in [2.45, 2.75) is 5.54 Å².